The molecular formula is C17H22N2O2. The molecule has 1 aliphatic carbocycles. The fourth-order valence-corrected chi connectivity index (χ4v) is 3.46. The fraction of sp³-hybridized carbons (Fsp3) is 0.529. The van der Waals surface area contributed by atoms with Crippen LogP contribution in [0.4, 0.5) is 11.4 Å². The Balaban J connectivity index is 1.80. The molecule has 1 heterocycles. The van der Waals surface area contributed by atoms with Crippen molar-refractivity contribution in [2.45, 2.75) is 45.4 Å². The first-order valence-electron chi connectivity index (χ1n) is 7.82. The Bertz CT molecular complexity index is 574. The molecule has 1 aliphatic heterocycles. The third-order valence-corrected chi connectivity index (χ3v) is 4.59. The predicted molar refractivity (Wildman–Crippen MR) is 83.2 cm³/mol. The summed E-state index contributed by atoms with van der Waals surface area (Å²) < 4.78 is 0. The Morgan fingerprint density at radius 3 is 2.67 bits per heavy atom. The zero-order chi connectivity index (χ0) is 15.0. The Labute approximate surface area is 125 Å². The minimum absolute atomic E-state index is 0.0549. The first kappa shape index (κ1) is 14.1. The molecule has 2 amide bonds. The number of carbonyl (C=O) groups excluding carboxylic acids is 2. The van der Waals surface area contributed by atoms with Gasteiger partial charge in [0.2, 0.25) is 11.8 Å². The van der Waals surface area contributed by atoms with Gasteiger partial charge in [0.25, 0.3) is 0 Å². The van der Waals surface area contributed by atoms with Crippen molar-refractivity contribution in [1.82, 2.24) is 0 Å². The maximum absolute atomic E-state index is 12.2. The van der Waals surface area contributed by atoms with Crippen LogP contribution in [0.5, 0.6) is 0 Å². The summed E-state index contributed by atoms with van der Waals surface area (Å²) in [5.41, 5.74) is 2.67. The Kier molecular flexibility index (Phi) is 3.70. The van der Waals surface area contributed by atoms with Crippen molar-refractivity contribution in [3.05, 3.63) is 23.8 Å². The van der Waals surface area contributed by atoms with Crippen LogP contribution in [0.2, 0.25) is 0 Å². The van der Waals surface area contributed by atoms with Crippen molar-refractivity contribution in [2.24, 2.45) is 11.8 Å². The number of hydrogen-bond donors (Lipinski definition) is 2. The van der Waals surface area contributed by atoms with Gasteiger partial charge in [-0.25, -0.2) is 0 Å². The normalized spacial score (nSPS) is 21.5. The topological polar surface area (TPSA) is 58.2 Å². The molecule has 1 saturated carbocycles. The van der Waals surface area contributed by atoms with E-state index in [1.807, 2.05) is 32.0 Å². The van der Waals surface area contributed by atoms with Gasteiger partial charge in [-0.05, 0) is 42.5 Å². The van der Waals surface area contributed by atoms with Crippen molar-refractivity contribution in [2.75, 3.05) is 10.6 Å². The number of amides is 2. The van der Waals surface area contributed by atoms with Gasteiger partial charge in [0.05, 0.1) is 5.92 Å². The lowest BCUT2D eigenvalue weighted by Gasteiger charge is -2.15. The third-order valence-electron chi connectivity index (χ3n) is 4.59. The molecule has 3 rings (SSSR count). The SMILES string of the molecule is CC(C)C1C(=O)Nc2ccc(NC(=O)C3CCCC3)cc21. The van der Waals surface area contributed by atoms with Crippen LogP contribution >= 0.6 is 0 Å². The van der Waals surface area contributed by atoms with Gasteiger partial charge in [-0.15, -0.1) is 0 Å². The summed E-state index contributed by atoms with van der Waals surface area (Å²) in [6.45, 7) is 4.09. The van der Waals surface area contributed by atoms with Crippen molar-refractivity contribution in [3.63, 3.8) is 0 Å². The van der Waals surface area contributed by atoms with Crippen LogP contribution in [-0.2, 0) is 9.59 Å². The minimum Gasteiger partial charge on any atom is -0.326 e. The largest absolute Gasteiger partial charge is 0.326 e. The quantitative estimate of drug-likeness (QED) is 0.893. The van der Waals surface area contributed by atoms with Crippen LogP contribution in [0.15, 0.2) is 18.2 Å². The lowest BCUT2D eigenvalue weighted by molar-refractivity contribution is -0.119. The highest BCUT2D eigenvalue weighted by Gasteiger charge is 2.33. The van der Waals surface area contributed by atoms with E-state index >= 15 is 0 Å². The van der Waals surface area contributed by atoms with Crippen molar-refractivity contribution >= 4 is 23.2 Å². The highest BCUT2D eigenvalue weighted by molar-refractivity contribution is 6.04. The van der Waals surface area contributed by atoms with Gasteiger partial charge in [-0.3, -0.25) is 9.59 Å². The zero-order valence-corrected chi connectivity index (χ0v) is 12.6. The first-order valence-corrected chi connectivity index (χ1v) is 7.82. The number of nitrogens with one attached hydrogen (secondary N) is 2. The summed E-state index contributed by atoms with van der Waals surface area (Å²) in [7, 11) is 0. The van der Waals surface area contributed by atoms with Gasteiger partial charge in [0, 0.05) is 17.3 Å². The van der Waals surface area contributed by atoms with Crippen LogP contribution in [0.3, 0.4) is 0 Å². The molecule has 1 atom stereocenters. The second-order valence-corrected chi connectivity index (χ2v) is 6.48. The zero-order valence-electron chi connectivity index (χ0n) is 12.6. The average Bonchev–Trinajstić information content (AvgIpc) is 3.04. The number of fused-ring (bicyclic) bond motifs is 1. The van der Waals surface area contributed by atoms with Crippen molar-refractivity contribution < 1.29 is 9.59 Å². The lowest BCUT2D eigenvalue weighted by atomic mass is 9.89. The standard InChI is InChI=1S/C17H22N2O2/c1-10(2)15-13-9-12(7-8-14(13)19-17(15)21)18-16(20)11-5-3-4-6-11/h7-11,15H,3-6H2,1-2H3,(H,18,20)(H,19,21). The number of carbonyl (C=O) groups is 2. The van der Waals surface area contributed by atoms with Gasteiger partial charge in [-0.2, -0.15) is 0 Å². The number of hydrogen-bond acceptors (Lipinski definition) is 2. The van der Waals surface area contributed by atoms with Crippen molar-refractivity contribution in [3.8, 4) is 0 Å². The maximum atomic E-state index is 12.2. The molecule has 2 N–H and O–H groups in total. The van der Waals surface area contributed by atoms with Crippen LogP contribution in [0.1, 0.15) is 51.0 Å². The average molecular weight is 286 g/mol. The molecule has 4 heteroatoms. The molecule has 0 bridgehead atoms. The first-order chi connectivity index (χ1) is 10.1. The van der Waals surface area contributed by atoms with Gasteiger partial charge in [0.15, 0.2) is 0 Å². The molecule has 1 fully saturated rings. The molecule has 4 nitrogen and oxygen atoms in total. The molecule has 1 aromatic rings. The summed E-state index contributed by atoms with van der Waals surface area (Å²) >= 11 is 0. The predicted octanol–water partition coefficient (Wildman–Crippen LogP) is 3.51. The maximum Gasteiger partial charge on any atom is 0.232 e. The summed E-state index contributed by atoms with van der Waals surface area (Å²) in [5, 5.41) is 5.92. The Hall–Kier alpha value is -1.84. The van der Waals surface area contributed by atoms with Crippen molar-refractivity contribution in [1.29, 1.82) is 0 Å². The van der Waals surface area contributed by atoms with Crippen LogP contribution < -0.4 is 10.6 Å². The molecule has 0 radical (unpaired) electrons. The van der Waals surface area contributed by atoms with E-state index in [0.29, 0.717) is 0 Å². The fourth-order valence-electron chi connectivity index (χ4n) is 3.46. The van der Waals surface area contributed by atoms with E-state index in [2.05, 4.69) is 10.6 Å². The number of benzene rings is 1. The van der Waals surface area contributed by atoms with Gasteiger partial charge in [0.1, 0.15) is 0 Å². The van der Waals surface area contributed by atoms with Crippen LogP contribution in [0, 0.1) is 11.8 Å². The Morgan fingerprint density at radius 1 is 1.29 bits per heavy atom. The van der Waals surface area contributed by atoms with Crippen LogP contribution in [-0.4, -0.2) is 11.8 Å². The van der Waals surface area contributed by atoms with E-state index in [1.165, 1.54) is 0 Å². The highest BCUT2D eigenvalue weighted by Crippen LogP contribution is 2.38. The third kappa shape index (κ3) is 2.67. The van der Waals surface area contributed by atoms with E-state index in [-0.39, 0.29) is 29.6 Å². The van der Waals surface area contributed by atoms with Gasteiger partial charge in [-0.1, -0.05) is 26.7 Å². The minimum atomic E-state index is -0.122. The van der Waals surface area contributed by atoms with E-state index in [1.54, 1.807) is 0 Å². The van der Waals surface area contributed by atoms with E-state index < -0.39 is 0 Å². The smallest absolute Gasteiger partial charge is 0.232 e. The molecule has 112 valence electrons. The van der Waals surface area contributed by atoms with E-state index in [4.69, 9.17) is 0 Å². The van der Waals surface area contributed by atoms with Gasteiger partial charge < -0.3 is 10.6 Å². The molecule has 2 aliphatic rings. The summed E-state index contributed by atoms with van der Waals surface area (Å²) in [6, 6.07) is 5.71. The summed E-state index contributed by atoms with van der Waals surface area (Å²) in [4.78, 5) is 24.2. The molecule has 0 spiro atoms. The summed E-state index contributed by atoms with van der Waals surface area (Å²) in [6.07, 6.45) is 4.28. The molecule has 0 aromatic heterocycles. The molecule has 1 unspecified atom stereocenters. The van der Waals surface area contributed by atoms with E-state index in [0.717, 1.165) is 42.6 Å². The molecule has 0 saturated heterocycles. The lowest BCUT2D eigenvalue weighted by Crippen LogP contribution is -2.20. The molecular weight excluding hydrogens is 264 g/mol. The van der Waals surface area contributed by atoms with E-state index in [9.17, 15) is 9.59 Å². The number of rotatable bonds is 3. The molecule has 21 heavy (non-hydrogen) atoms. The second kappa shape index (κ2) is 5.51. The summed E-state index contributed by atoms with van der Waals surface area (Å²) in [5.74, 6) is 0.444. The number of anilines is 2. The second-order valence-electron chi connectivity index (χ2n) is 6.48. The Morgan fingerprint density at radius 2 is 2.00 bits per heavy atom. The van der Waals surface area contributed by atoms with Gasteiger partial charge >= 0.3 is 0 Å². The highest BCUT2D eigenvalue weighted by atomic mass is 16.2. The monoisotopic (exact) mass is 286 g/mol. The van der Waals surface area contributed by atoms with Crippen LogP contribution in [0.25, 0.3) is 0 Å². The molecule has 1 aromatic carbocycles.